The number of nitrogens with zero attached hydrogens (tertiary/aromatic N) is 1. The minimum Gasteiger partial charge on any atom is -0.493 e. The molecule has 0 aromatic heterocycles. The molecule has 3 nitrogen and oxygen atoms in total. The molecular formula is C19H20FNO2. The number of rotatable bonds is 7. The molecule has 1 aliphatic carbocycles. The largest absolute Gasteiger partial charge is 0.493 e. The first kappa shape index (κ1) is 15.5. The average molecular weight is 313 g/mol. The van der Waals surface area contributed by atoms with Gasteiger partial charge in [-0.2, -0.15) is 0 Å². The van der Waals surface area contributed by atoms with Crippen molar-refractivity contribution in [3.05, 3.63) is 66.0 Å². The molecule has 1 aliphatic rings. The molecule has 0 saturated heterocycles. The van der Waals surface area contributed by atoms with Crippen molar-refractivity contribution in [2.24, 2.45) is 0 Å². The van der Waals surface area contributed by atoms with Crippen molar-refractivity contribution in [1.82, 2.24) is 4.90 Å². The molecule has 0 heterocycles. The average Bonchev–Trinajstić information content (AvgIpc) is 3.40. The Morgan fingerprint density at radius 2 is 1.78 bits per heavy atom. The van der Waals surface area contributed by atoms with Crippen LogP contribution in [0, 0.1) is 5.82 Å². The molecule has 0 bridgehead atoms. The molecule has 2 aromatic carbocycles. The maximum Gasteiger partial charge on any atom is 0.226 e. The molecule has 0 atom stereocenters. The van der Waals surface area contributed by atoms with Gasteiger partial charge in [-0.1, -0.05) is 30.3 Å². The third kappa shape index (κ3) is 4.55. The molecule has 2 aromatic rings. The van der Waals surface area contributed by atoms with Gasteiger partial charge in [-0.25, -0.2) is 4.39 Å². The Hall–Kier alpha value is -2.36. The molecule has 0 radical (unpaired) electrons. The van der Waals surface area contributed by atoms with E-state index in [0.717, 1.165) is 18.4 Å². The first-order valence-corrected chi connectivity index (χ1v) is 7.94. The van der Waals surface area contributed by atoms with Crippen LogP contribution in [-0.4, -0.2) is 23.5 Å². The number of amides is 1. The van der Waals surface area contributed by atoms with Crippen LogP contribution in [0.15, 0.2) is 54.6 Å². The number of ether oxygens (including phenoxy) is 1. The highest BCUT2D eigenvalue weighted by atomic mass is 19.1. The highest BCUT2D eigenvalue weighted by Gasteiger charge is 2.32. The molecule has 0 aliphatic heterocycles. The lowest BCUT2D eigenvalue weighted by atomic mass is 10.2. The van der Waals surface area contributed by atoms with E-state index in [0.29, 0.717) is 31.4 Å². The second kappa shape index (κ2) is 7.27. The van der Waals surface area contributed by atoms with E-state index < -0.39 is 0 Å². The number of benzene rings is 2. The number of carbonyl (C=O) groups excluding carboxylic acids is 1. The van der Waals surface area contributed by atoms with Crippen molar-refractivity contribution in [2.75, 3.05) is 6.61 Å². The van der Waals surface area contributed by atoms with Gasteiger partial charge in [0.1, 0.15) is 11.6 Å². The van der Waals surface area contributed by atoms with E-state index in [2.05, 4.69) is 0 Å². The molecule has 0 N–H and O–H groups in total. The van der Waals surface area contributed by atoms with Crippen LogP contribution >= 0.6 is 0 Å². The Labute approximate surface area is 135 Å². The van der Waals surface area contributed by atoms with Gasteiger partial charge in [0.05, 0.1) is 13.0 Å². The summed E-state index contributed by atoms with van der Waals surface area (Å²) in [5, 5.41) is 0. The molecular weight excluding hydrogens is 293 g/mol. The van der Waals surface area contributed by atoms with Crippen molar-refractivity contribution in [2.45, 2.75) is 31.8 Å². The van der Waals surface area contributed by atoms with Crippen LogP contribution in [0.25, 0.3) is 0 Å². The summed E-state index contributed by atoms with van der Waals surface area (Å²) in [5.41, 5.74) is 1.15. The molecule has 1 fully saturated rings. The number of carbonyl (C=O) groups is 1. The van der Waals surface area contributed by atoms with Crippen LogP contribution < -0.4 is 4.74 Å². The molecule has 1 amide bonds. The van der Waals surface area contributed by atoms with Crippen molar-refractivity contribution in [3.63, 3.8) is 0 Å². The molecule has 0 spiro atoms. The molecule has 0 unspecified atom stereocenters. The molecule has 23 heavy (non-hydrogen) atoms. The summed E-state index contributed by atoms with van der Waals surface area (Å²) in [7, 11) is 0. The second-order valence-corrected chi connectivity index (χ2v) is 5.79. The van der Waals surface area contributed by atoms with Crippen LogP contribution in [0.2, 0.25) is 0 Å². The Morgan fingerprint density at radius 1 is 1.09 bits per heavy atom. The zero-order valence-electron chi connectivity index (χ0n) is 13.0. The summed E-state index contributed by atoms with van der Waals surface area (Å²) in [6.45, 7) is 0.962. The predicted molar refractivity (Wildman–Crippen MR) is 86.5 cm³/mol. The normalized spacial score (nSPS) is 13.6. The number of hydrogen-bond donors (Lipinski definition) is 0. The summed E-state index contributed by atoms with van der Waals surface area (Å²) in [6, 6.07) is 16.2. The van der Waals surface area contributed by atoms with E-state index in [1.807, 2.05) is 35.2 Å². The third-order valence-electron chi connectivity index (χ3n) is 3.90. The zero-order valence-corrected chi connectivity index (χ0v) is 13.0. The molecule has 4 heteroatoms. The van der Waals surface area contributed by atoms with E-state index in [1.165, 1.54) is 12.1 Å². The van der Waals surface area contributed by atoms with Gasteiger partial charge in [-0.15, -0.1) is 0 Å². The van der Waals surface area contributed by atoms with E-state index in [9.17, 15) is 9.18 Å². The van der Waals surface area contributed by atoms with E-state index in [4.69, 9.17) is 4.74 Å². The van der Waals surface area contributed by atoms with Crippen LogP contribution in [0.5, 0.6) is 5.75 Å². The zero-order chi connectivity index (χ0) is 16.1. The van der Waals surface area contributed by atoms with Crippen LogP contribution in [0.1, 0.15) is 24.8 Å². The number of halogens is 1. The predicted octanol–water partition coefficient (Wildman–Crippen LogP) is 3.79. The first-order chi connectivity index (χ1) is 11.2. The monoisotopic (exact) mass is 313 g/mol. The van der Waals surface area contributed by atoms with E-state index >= 15 is 0 Å². The maximum atomic E-state index is 12.8. The van der Waals surface area contributed by atoms with Crippen molar-refractivity contribution in [3.8, 4) is 5.75 Å². The quantitative estimate of drug-likeness (QED) is 0.778. The van der Waals surface area contributed by atoms with E-state index in [1.54, 1.807) is 12.1 Å². The maximum absolute atomic E-state index is 12.8. The Kier molecular flexibility index (Phi) is 4.91. The van der Waals surface area contributed by atoms with Gasteiger partial charge in [0.25, 0.3) is 0 Å². The summed E-state index contributed by atoms with van der Waals surface area (Å²) < 4.78 is 18.3. The Morgan fingerprint density at radius 3 is 2.43 bits per heavy atom. The van der Waals surface area contributed by atoms with Crippen LogP contribution in [0.3, 0.4) is 0 Å². The van der Waals surface area contributed by atoms with Gasteiger partial charge in [0.2, 0.25) is 5.91 Å². The summed E-state index contributed by atoms with van der Waals surface area (Å²) in [4.78, 5) is 14.4. The lowest BCUT2D eigenvalue weighted by Gasteiger charge is -2.22. The van der Waals surface area contributed by atoms with Gasteiger partial charge >= 0.3 is 0 Å². The highest BCUT2D eigenvalue weighted by Crippen LogP contribution is 2.29. The van der Waals surface area contributed by atoms with E-state index in [-0.39, 0.29) is 11.7 Å². The van der Waals surface area contributed by atoms with Gasteiger partial charge in [0.15, 0.2) is 0 Å². The topological polar surface area (TPSA) is 29.5 Å². The van der Waals surface area contributed by atoms with Gasteiger partial charge in [-0.05, 0) is 42.7 Å². The van der Waals surface area contributed by atoms with Crippen molar-refractivity contribution in [1.29, 1.82) is 0 Å². The van der Waals surface area contributed by atoms with Gasteiger partial charge < -0.3 is 9.64 Å². The Balaban J connectivity index is 1.51. The van der Waals surface area contributed by atoms with Crippen molar-refractivity contribution < 1.29 is 13.9 Å². The Bertz CT molecular complexity index is 638. The van der Waals surface area contributed by atoms with Crippen LogP contribution in [-0.2, 0) is 11.3 Å². The lowest BCUT2D eigenvalue weighted by Crippen LogP contribution is -2.33. The third-order valence-corrected chi connectivity index (χ3v) is 3.90. The van der Waals surface area contributed by atoms with Gasteiger partial charge in [-0.3, -0.25) is 4.79 Å². The fourth-order valence-electron chi connectivity index (χ4n) is 2.52. The minimum atomic E-state index is -0.295. The molecule has 1 saturated carbocycles. The minimum absolute atomic E-state index is 0.110. The van der Waals surface area contributed by atoms with Crippen molar-refractivity contribution >= 4 is 5.91 Å². The lowest BCUT2D eigenvalue weighted by molar-refractivity contribution is -0.132. The second-order valence-electron chi connectivity index (χ2n) is 5.79. The summed E-state index contributed by atoms with van der Waals surface area (Å²) in [6.07, 6.45) is 2.50. The molecule has 120 valence electrons. The fourth-order valence-corrected chi connectivity index (χ4v) is 2.52. The summed E-state index contributed by atoms with van der Waals surface area (Å²) >= 11 is 0. The molecule has 3 rings (SSSR count). The standard InChI is InChI=1S/C19H20FNO2/c20-16-6-10-18(11-7-16)23-13-12-19(22)21(17-8-9-17)14-15-4-2-1-3-5-15/h1-7,10-11,17H,8-9,12-14H2. The fraction of sp³-hybridized carbons (Fsp3) is 0.316. The first-order valence-electron chi connectivity index (χ1n) is 7.94. The van der Waals surface area contributed by atoms with Crippen LogP contribution in [0.4, 0.5) is 4.39 Å². The van der Waals surface area contributed by atoms with Gasteiger partial charge in [0, 0.05) is 12.6 Å². The number of hydrogen-bond acceptors (Lipinski definition) is 2. The highest BCUT2D eigenvalue weighted by molar-refractivity contribution is 5.77. The SMILES string of the molecule is O=C(CCOc1ccc(F)cc1)N(Cc1ccccc1)C1CC1. The smallest absolute Gasteiger partial charge is 0.226 e. The summed E-state index contributed by atoms with van der Waals surface area (Å²) in [5.74, 6) is 0.398.